The van der Waals surface area contributed by atoms with Crippen LogP contribution in [-0.2, 0) is 4.79 Å². The first-order valence-corrected chi connectivity index (χ1v) is 6.07. The quantitative estimate of drug-likeness (QED) is 0.646. The minimum atomic E-state index is -0.293. The highest BCUT2D eigenvalue weighted by Gasteiger charge is 2.36. The summed E-state index contributed by atoms with van der Waals surface area (Å²) in [7, 11) is 0. The highest BCUT2D eigenvalue weighted by atomic mass is 16.2. The number of rotatable bonds is 6. The number of imide groups is 1. The van der Waals surface area contributed by atoms with Crippen LogP contribution in [0.5, 0.6) is 0 Å². The number of nitrogens with one attached hydrogen (secondary N) is 2. The predicted molar refractivity (Wildman–Crippen MR) is 60.0 cm³/mol. The van der Waals surface area contributed by atoms with Crippen LogP contribution in [0, 0.1) is 0 Å². The third-order valence-corrected chi connectivity index (χ3v) is 3.03. The molecule has 1 aliphatic carbocycles. The topological polar surface area (TPSA) is 61.4 Å². The van der Waals surface area contributed by atoms with Gasteiger partial charge in [0.2, 0.25) is 0 Å². The third-order valence-electron chi connectivity index (χ3n) is 3.03. The molecule has 1 atom stereocenters. The molecule has 0 radical (unpaired) electrons. The predicted octanol–water partition coefficient (Wildman–Crippen LogP) is 0.459. The molecule has 5 nitrogen and oxygen atoms in total. The maximum atomic E-state index is 11.8. The zero-order valence-corrected chi connectivity index (χ0v) is 9.66. The molecule has 5 heteroatoms. The number of hydrogen-bond donors (Lipinski definition) is 2. The molecule has 0 aromatic heterocycles. The minimum absolute atomic E-state index is 0.0653. The number of amides is 3. The highest BCUT2D eigenvalue weighted by Crippen LogP contribution is 2.18. The average molecular weight is 225 g/mol. The fourth-order valence-corrected chi connectivity index (χ4v) is 1.94. The van der Waals surface area contributed by atoms with E-state index in [0.29, 0.717) is 19.1 Å². The second-order valence-electron chi connectivity index (χ2n) is 4.51. The number of hydrogen-bond acceptors (Lipinski definition) is 3. The van der Waals surface area contributed by atoms with Crippen LogP contribution in [0.3, 0.4) is 0 Å². The number of nitrogens with zero attached hydrogens (tertiary/aromatic N) is 1. The highest BCUT2D eigenvalue weighted by molar-refractivity contribution is 6.04. The van der Waals surface area contributed by atoms with Gasteiger partial charge in [0.25, 0.3) is 5.91 Å². The zero-order valence-electron chi connectivity index (χ0n) is 9.66. The Labute approximate surface area is 95.6 Å². The minimum Gasteiger partial charge on any atom is -0.326 e. The van der Waals surface area contributed by atoms with Gasteiger partial charge in [0.05, 0.1) is 0 Å². The summed E-state index contributed by atoms with van der Waals surface area (Å²) in [6.45, 7) is 3.21. The summed E-state index contributed by atoms with van der Waals surface area (Å²) in [6, 6.07) is 0.0895. The molecular formula is C11H19N3O2. The van der Waals surface area contributed by atoms with Gasteiger partial charge in [-0.15, -0.1) is 0 Å². The van der Waals surface area contributed by atoms with Gasteiger partial charge in [-0.25, -0.2) is 4.79 Å². The van der Waals surface area contributed by atoms with Gasteiger partial charge in [0, 0.05) is 19.1 Å². The van der Waals surface area contributed by atoms with Crippen molar-refractivity contribution < 1.29 is 9.59 Å². The standard InChI is InChI=1S/C11H19N3O2/c1-2-3-9-10(15)14(11(16)13-9)7-6-12-8-4-5-8/h8-9,12H,2-7H2,1H3,(H,13,16). The second kappa shape index (κ2) is 4.82. The van der Waals surface area contributed by atoms with Crippen LogP contribution in [0.4, 0.5) is 4.79 Å². The van der Waals surface area contributed by atoms with Crippen molar-refractivity contribution in [1.82, 2.24) is 15.5 Å². The molecule has 2 aliphatic rings. The van der Waals surface area contributed by atoms with Crippen LogP contribution in [0.25, 0.3) is 0 Å². The normalized spacial score (nSPS) is 25.1. The van der Waals surface area contributed by atoms with E-state index in [1.54, 1.807) is 0 Å². The SMILES string of the molecule is CCCC1NC(=O)N(CCNC2CC2)C1=O. The Kier molecular flexibility index (Phi) is 3.43. The second-order valence-corrected chi connectivity index (χ2v) is 4.51. The molecule has 0 aromatic carbocycles. The van der Waals surface area contributed by atoms with Crippen LogP contribution in [0.15, 0.2) is 0 Å². The van der Waals surface area contributed by atoms with E-state index in [9.17, 15) is 9.59 Å². The maximum absolute atomic E-state index is 11.8. The van der Waals surface area contributed by atoms with E-state index >= 15 is 0 Å². The largest absolute Gasteiger partial charge is 0.326 e. The smallest absolute Gasteiger partial charge is 0.324 e. The Morgan fingerprint density at radius 2 is 2.19 bits per heavy atom. The Morgan fingerprint density at radius 3 is 2.81 bits per heavy atom. The molecule has 0 bridgehead atoms. The third kappa shape index (κ3) is 2.52. The van der Waals surface area contributed by atoms with Crippen molar-refractivity contribution >= 4 is 11.9 Å². The lowest BCUT2D eigenvalue weighted by Crippen LogP contribution is -2.37. The average Bonchev–Trinajstić information content (AvgIpc) is 3.02. The maximum Gasteiger partial charge on any atom is 0.324 e. The van der Waals surface area contributed by atoms with E-state index in [-0.39, 0.29) is 18.0 Å². The first kappa shape index (κ1) is 11.4. The van der Waals surface area contributed by atoms with Gasteiger partial charge in [-0.2, -0.15) is 0 Å². The van der Waals surface area contributed by atoms with Crippen LogP contribution >= 0.6 is 0 Å². The first-order chi connectivity index (χ1) is 7.72. The fraction of sp³-hybridized carbons (Fsp3) is 0.818. The number of urea groups is 1. The fourth-order valence-electron chi connectivity index (χ4n) is 1.94. The lowest BCUT2D eigenvalue weighted by Gasteiger charge is -2.13. The molecule has 90 valence electrons. The van der Waals surface area contributed by atoms with Gasteiger partial charge in [-0.3, -0.25) is 9.69 Å². The molecule has 0 spiro atoms. The van der Waals surface area contributed by atoms with Crippen LogP contribution in [-0.4, -0.2) is 42.0 Å². The van der Waals surface area contributed by atoms with Crippen molar-refractivity contribution in [1.29, 1.82) is 0 Å². The lowest BCUT2D eigenvalue weighted by molar-refractivity contribution is -0.127. The van der Waals surface area contributed by atoms with Gasteiger partial charge in [-0.05, 0) is 19.3 Å². The van der Waals surface area contributed by atoms with Gasteiger partial charge in [-0.1, -0.05) is 13.3 Å². The lowest BCUT2D eigenvalue weighted by atomic mass is 10.2. The van der Waals surface area contributed by atoms with Gasteiger partial charge >= 0.3 is 6.03 Å². The Morgan fingerprint density at radius 1 is 1.44 bits per heavy atom. The number of carbonyl (C=O) groups excluding carboxylic acids is 2. The van der Waals surface area contributed by atoms with Crippen LogP contribution < -0.4 is 10.6 Å². The Bertz CT molecular complexity index is 289. The van der Waals surface area contributed by atoms with E-state index in [0.717, 1.165) is 12.8 Å². The molecular weight excluding hydrogens is 206 g/mol. The molecule has 16 heavy (non-hydrogen) atoms. The van der Waals surface area contributed by atoms with Crippen LogP contribution in [0.1, 0.15) is 32.6 Å². The molecule has 1 aliphatic heterocycles. The Hall–Kier alpha value is -1.10. The van der Waals surface area contributed by atoms with Gasteiger partial charge < -0.3 is 10.6 Å². The summed E-state index contributed by atoms with van der Waals surface area (Å²) in [5.41, 5.74) is 0. The molecule has 3 amide bonds. The molecule has 2 N–H and O–H groups in total. The molecule has 2 fully saturated rings. The van der Waals surface area contributed by atoms with E-state index < -0.39 is 0 Å². The van der Waals surface area contributed by atoms with Crippen molar-refractivity contribution in [2.75, 3.05) is 13.1 Å². The summed E-state index contributed by atoms with van der Waals surface area (Å²) in [5.74, 6) is -0.0653. The van der Waals surface area contributed by atoms with Crippen molar-refractivity contribution in [2.24, 2.45) is 0 Å². The van der Waals surface area contributed by atoms with E-state index in [4.69, 9.17) is 0 Å². The van der Waals surface area contributed by atoms with Gasteiger partial charge in [0.15, 0.2) is 0 Å². The summed E-state index contributed by atoms with van der Waals surface area (Å²) in [5, 5.41) is 6.02. The zero-order chi connectivity index (χ0) is 11.5. The summed E-state index contributed by atoms with van der Waals surface area (Å²) < 4.78 is 0. The molecule has 0 aromatic rings. The summed E-state index contributed by atoms with van der Waals surface area (Å²) in [4.78, 5) is 24.7. The van der Waals surface area contributed by atoms with Crippen molar-refractivity contribution in [3.8, 4) is 0 Å². The van der Waals surface area contributed by atoms with Crippen LogP contribution in [0.2, 0.25) is 0 Å². The summed E-state index contributed by atoms with van der Waals surface area (Å²) in [6.07, 6.45) is 4.08. The van der Waals surface area contributed by atoms with E-state index in [1.165, 1.54) is 17.7 Å². The van der Waals surface area contributed by atoms with E-state index in [1.807, 2.05) is 6.92 Å². The van der Waals surface area contributed by atoms with Gasteiger partial charge in [0.1, 0.15) is 6.04 Å². The number of carbonyl (C=O) groups is 2. The summed E-state index contributed by atoms with van der Waals surface area (Å²) >= 11 is 0. The molecule has 1 saturated carbocycles. The van der Waals surface area contributed by atoms with E-state index in [2.05, 4.69) is 10.6 Å². The molecule has 2 rings (SSSR count). The Balaban J connectivity index is 1.78. The monoisotopic (exact) mass is 225 g/mol. The molecule has 1 saturated heterocycles. The molecule has 1 unspecified atom stereocenters. The first-order valence-electron chi connectivity index (χ1n) is 6.07. The van der Waals surface area contributed by atoms with Crippen molar-refractivity contribution in [3.63, 3.8) is 0 Å². The van der Waals surface area contributed by atoms with Crippen molar-refractivity contribution in [2.45, 2.75) is 44.7 Å². The van der Waals surface area contributed by atoms with Crippen molar-refractivity contribution in [3.05, 3.63) is 0 Å². The molecule has 1 heterocycles.